The highest BCUT2D eigenvalue weighted by Gasteiger charge is 2.13. The van der Waals surface area contributed by atoms with Gasteiger partial charge in [-0.05, 0) is 30.7 Å². The molecular weight excluding hydrogens is 292 g/mol. The minimum atomic E-state index is -0.473. The number of carbonyl (C=O) groups is 1. The maximum Gasteiger partial charge on any atom is 0.274 e. The quantitative estimate of drug-likeness (QED) is 0.529. The first kappa shape index (κ1) is 15.0. The molecule has 2 aromatic carbocycles. The summed E-state index contributed by atoms with van der Waals surface area (Å²) in [6.07, 6.45) is 0. The number of nitrogens with one attached hydrogen (secondary N) is 1. The van der Waals surface area contributed by atoms with Gasteiger partial charge in [0.1, 0.15) is 0 Å². The highest BCUT2D eigenvalue weighted by molar-refractivity contribution is 6.17. The van der Waals surface area contributed by atoms with E-state index in [0.717, 1.165) is 5.56 Å². The Hall–Kier alpha value is -2.40. The van der Waals surface area contributed by atoms with Gasteiger partial charge >= 0.3 is 0 Å². The molecule has 0 radical (unpaired) electrons. The van der Waals surface area contributed by atoms with Crippen LogP contribution < -0.4 is 5.32 Å². The molecule has 1 amide bonds. The smallest absolute Gasteiger partial charge is 0.274 e. The van der Waals surface area contributed by atoms with Crippen molar-refractivity contribution in [2.75, 3.05) is 5.32 Å². The van der Waals surface area contributed by atoms with E-state index in [2.05, 4.69) is 5.32 Å². The molecule has 2 rings (SSSR count). The Morgan fingerprint density at radius 3 is 2.71 bits per heavy atom. The molecule has 0 aliphatic rings. The van der Waals surface area contributed by atoms with E-state index in [-0.39, 0.29) is 11.6 Å². The van der Waals surface area contributed by atoms with Crippen molar-refractivity contribution in [2.45, 2.75) is 12.8 Å². The lowest BCUT2D eigenvalue weighted by atomic mass is 10.1. The summed E-state index contributed by atoms with van der Waals surface area (Å²) in [6.45, 7) is 1.65. The fourth-order valence-corrected chi connectivity index (χ4v) is 2.05. The number of nitro benzene ring substituents is 1. The van der Waals surface area contributed by atoms with E-state index in [0.29, 0.717) is 22.7 Å². The van der Waals surface area contributed by atoms with E-state index in [9.17, 15) is 14.9 Å². The summed E-state index contributed by atoms with van der Waals surface area (Å²) in [4.78, 5) is 22.5. The van der Waals surface area contributed by atoms with Crippen molar-refractivity contribution in [3.05, 3.63) is 69.3 Å². The second kappa shape index (κ2) is 6.37. The average Bonchev–Trinajstić information content (AvgIpc) is 2.49. The molecule has 0 bridgehead atoms. The van der Waals surface area contributed by atoms with Gasteiger partial charge in [-0.3, -0.25) is 14.9 Å². The largest absolute Gasteiger partial charge is 0.322 e. The van der Waals surface area contributed by atoms with Crippen LogP contribution in [0.3, 0.4) is 0 Å². The number of halogens is 1. The van der Waals surface area contributed by atoms with Gasteiger partial charge in [0, 0.05) is 28.8 Å². The van der Waals surface area contributed by atoms with Gasteiger partial charge in [0.05, 0.1) is 4.92 Å². The van der Waals surface area contributed by atoms with Gasteiger partial charge in [0.15, 0.2) is 0 Å². The first-order valence-electron chi connectivity index (χ1n) is 6.22. The van der Waals surface area contributed by atoms with Crippen molar-refractivity contribution in [2.24, 2.45) is 0 Å². The van der Waals surface area contributed by atoms with Crippen molar-refractivity contribution in [1.29, 1.82) is 0 Å². The van der Waals surface area contributed by atoms with Gasteiger partial charge in [-0.15, -0.1) is 11.6 Å². The van der Waals surface area contributed by atoms with Crippen molar-refractivity contribution in [3.63, 3.8) is 0 Å². The van der Waals surface area contributed by atoms with Crippen molar-refractivity contribution in [1.82, 2.24) is 0 Å². The molecule has 6 heteroatoms. The van der Waals surface area contributed by atoms with E-state index >= 15 is 0 Å². The van der Waals surface area contributed by atoms with Gasteiger partial charge in [0.2, 0.25) is 0 Å². The van der Waals surface area contributed by atoms with E-state index in [1.54, 1.807) is 37.3 Å². The van der Waals surface area contributed by atoms with Gasteiger partial charge in [0.25, 0.3) is 11.6 Å². The molecule has 0 atom stereocenters. The lowest BCUT2D eigenvalue weighted by Crippen LogP contribution is -2.12. The van der Waals surface area contributed by atoms with Crippen molar-refractivity contribution < 1.29 is 9.72 Å². The minimum absolute atomic E-state index is 0.0256. The van der Waals surface area contributed by atoms with Crippen LogP contribution in [0, 0.1) is 17.0 Å². The summed E-state index contributed by atoms with van der Waals surface area (Å²) in [5.74, 6) is -0.0166. The van der Waals surface area contributed by atoms with Gasteiger partial charge < -0.3 is 5.32 Å². The molecule has 0 fully saturated rings. The number of nitro groups is 1. The number of rotatable bonds is 4. The van der Waals surface area contributed by atoms with Crippen LogP contribution in [0.1, 0.15) is 21.5 Å². The Bertz CT molecular complexity index is 701. The summed E-state index contributed by atoms with van der Waals surface area (Å²) >= 11 is 5.73. The Balaban J connectivity index is 2.23. The molecule has 21 heavy (non-hydrogen) atoms. The van der Waals surface area contributed by atoms with Crippen LogP contribution >= 0.6 is 11.6 Å². The third kappa shape index (κ3) is 3.58. The molecule has 0 saturated carbocycles. The van der Waals surface area contributed by atoms with Crippen LogP contribution in [-0.4, -0.2) is 10.8 Å². The SMILES string of the molecule is Cc1ccc(NC(=O)c2cccc(CCl)c2)cc1[N+](=O)[O-]. The molecule has 1 N–H and O–H groups in total. The Morgan fingerprint density at radius 1 is 1.29 bits per heavy atom. The normalized spacial score (nSPS) is 10.2. The van der Waals surface area contributed by atoms with Gasteiger partial charge in [-0.25, -0.2) is 0 Å². The standard InChI is InChI=1S/C15H13ClN2O3/c1-10-5-6-13(8-14(10)18(20)21)17-15(19)12-4-2-3-11(7-12)9-16/h2-8H,9H2,1H3,(H,17,19). The molecule has 108 valence electrons. The molecule has 5 nitrogen and oxygen atoms in total. The Labute approximate surface area is 126 Å². The number of nitrogens with zero attached hydrogens (tertiary/aromatic N) is 1. The second-order valence-corrected chi connectivity index (χ2v) is 4.81. The van der Waals surface area contributed by atoms with Crippen molar-refractivity contribution in [3.8, 4) is 0 Å². The number of amides is 1. The van der Waals surface area contributed by atoms with Gasteiger partial charge in [-0.1, -0.05) is 18.2 Å². The molecule has 0 saturated heterocycles. The zero-order valence-electron chi connectivity index (χ0n) is 11.3. The molecular formula is C15H13ClN2O3. The summed E-state index contributed by atoms with van der Waals surface area (Å²) in [5.41, 5.74) is 2.19. The molecule has 2 aromatic rings. The number of alkyl halides is 1. The molecule has 0 aliphatic carbocycles. The first-order valence-corrected chi connectivity index (χ1v) is 6.76. The zero-order valence-corrected chi connectivity index (χ0v) is 12.1. The number of hydrogen-bond acceptors (Lipinski definition) is 3. The zero-order chi connectivity index (χ0) is 15.4. The predicted octanol–water partition coefficient (Wildman–Crippen LogP) is 3.89. The average molecular weight is 305 g/mol. The number of aryl methyl sites for hydroxylation is 1. The van der Waals surface area contributed by atoms with Crippen LogP contribution in [-0.2, 0) is 5.88 Å². The lowest BCUT2D eigenvalue weighted by Gasteiger charge is -2.07. The van der Waals surface area contributed by atoms with E-state index in [4.69, 9.17) is 11.6 Å². The summed E-state index contributed by atoms with van der Waals surface area (Å²) in [6, 6.07) is 11.5. The third-order valence-corrected chi connectivity index (χ3v) is 3.32. The minimum Gasteiger partial charge on any atom is -0.322 e. The third-order valence-electron chi connectivity index (χ3n) is 3.01. The fourth-order valence-electron chi connectivity index (χ4n) is 1.88. The molecule has 0 heterocycles. The maximum absolute atomic E-state index is 12.1. The first-order chi connectivity index (χ1) is 10.0. The molecule has 0 unspecified atom stereocenters. The number of anilines is 1. The molecule has 0 aliphatic heterocycles. The fraction of sp³-hybridized carbons (Fsp3) is 0.133. The maximum atomic E-state index is 12.1. The van der Waals surface area contributed by atoms with Gasteiger partial charge in [-0.2, -0.15) is 0 Å². The number of benzene rings is 2. The van der Waals surface area contributed by atoms with Crippen LogP contribution in [0.15, 0.2) is 42.5 Å². The van der Waals surface area contributed by atoms with Crippen LogP contribution in [0.25, 0.3) is 0 Å². The summed E-state index contributed by atoms with van der Waals surface area (Å²) < 4.78 is 0. The van der Waals surface area contributed by atoms with E-state index in [1.165, 1.54) is 6.07 Å². The van der Waals surface area contributed by atoms with Crippen LogP contribution in [0.5, 0.6) is 0 Å². The highest BCUT2D eigenvalue weighted by atomic mass is 35.5. The summed E-state index contributed by atoms with van der Waals surface area (Å²) in [7, 11) is 0. The monoisotopic (exact) mass is 304 g/mol. The molecule has 0 spiro atoms. The van der Waals surface area contributed by atoms with E-state index in [1.807, 2.05) is 6.07 Å². The summed E-state index contributed by atoms with van der Waals surface area (Å²) in [5, 5.41) is 13.5. The number of carbonyl (C=O) groups excluding carboxylic acids is 1. The van der Waals surface area contributed by atoms with E-state index < -0.39 is 4.92 Å². The Morgan fingerprint density at radius 2 is 2.05 bits per heavy atom. The molecule has 0 aromatic heterocycles. The van der Waals surface area contributed by atoms with Crippen LogP contribution in [0.2, 0.25) is 0 Å². The van der Waals surface area contributed by atoms with Crippen LogP contribution in [0.4, 0.5) is 11.4 Å². The topological polar surface area (TPSA) is 72.2 Å². The highest BCUT2D eigenvalue weighted by Crippen LogP contribution is 2.22. The number of hydrogen-bond donors (Lipinski definition) is 1. The predicted molar refractivity (Wildman–Crippen MR) is 81.8 cm³/mol. The van der Waals surface area contributed by atoms with Crippen molar-refractivity contribution >= 4 is 28.9 Å². The lowest BCUT2D eigenvalue weighted by molar-refractivity contribution is -0.385. The second-order valence-electron chi connectivity index (χ2n) is 4.55. The Kier molecular flexibility index (Phi) is 4.55.